The van der Waals surface area contributed by atoms with Crippen LogP contribution in [0.5, 0.6) is 0 Å². The van der Waals surface area contributed by atoms with Crippen LogP contribution < -0.4 is 10.5 Å². The Morgan fingerprint density at radius 1 is 1.17 bits per heavy atom. The Kier molecular flexibility index (Phi) is 4.26. The van der Waals surface area contributed by atoms with Gasteiger partial charge in [-0.3, -0.25) is 9.36 Å². The van der Waals surface area contributed by atoms with E-state index in [0.29, 0.717) is 29.2 Å². The summed E-state index contributed by atoms with van der Waals surface area (Å²) < 4.78 is 17.0. The first-order chi connectivity index (χ1) is 14.1. The van der Waals surface area contributed by atoms with Crippen LogP contribution in [0.2, 0.25) is 0 Å². The number of halogens is 1. The molecule has 0 amide bonds. The van der Waals surface area contributed by atoms with E-state index < -0.39 is 0 Å². The highest BCUT2D eigenvalue weighted by atomic mass is 19.1. The third kappa shape index (κ3) is 3.14. The van der Waals surface area contributed by atoms with Gasteiger partial charge in [0.2, 0.25) is 0 Å². The van der Waals surface area contributed by atoms with Gasteiger partial charge in [0.25, 0.3) is 5.56 Å². The Hall–Kier alpha value is -3.29. The van der Waals surface area contributed by atoms with Crippen LogP contribution in [-0.4, -0.2) is 37.2 Å². The molecule has 148 valence electrons. The van der Waals surface area contributed by atoms with Gasteiger partial charge in [0.15, 0.2) is 5.82 Å². The molecule has 1 saturated heterocycles. The second-order valence-electron chi connectivity index (χ2n) is 7.58. The molecule has 0 N–H and O–H groups in total. The number of rotatable bonds is 3. The van der Waals surface area contributed by atoms with Gasteiger partial charge in [0, 0.05) is 38.1 Å². The van der Waals surface area contributed by atoms with Crippen molar-refractivity contribution in [2.75, 3.05) is 18.0 Å². The summed E-state index contributed by atoms with van der Waals surface area (Å²) >= 11 is 0. The number of fused-ring (bicyclic) bond motifs is 2. The van der Waals surface area contributed by atoms with E-state index >= 15 is 0 Å². The van der Waals surface area contributed by atoms with Crippen molar-refractivity contribution in [1.82, 2.24) is 24.1 Å². The Morgan fingerprint density at radius 2 is 2.00 bits per heavy atom. The van der Waals surface area contributed by atoms with E-state index in [4.69, 9.17) is 0 Å². The van der Waals surface area contributed by atoms with Crippen molar-refractivity contribution in [3.63, 3.8) is 0 Å². The normalized spacial score (nSPS) is 15.4. The largest absolute Gasteiger partial charge is 0.355 e. The second-order valence-corrected chi connectivity index (χ2v) is 7.58. The molecule has 0 unspecified atom stereocenters. The molecule has 0 radical (unpaired) electrons. The molecule has 4 heterocycles. The third-order valence-electron chi connectivity index (χ3n) is 5.77. The molecule has 8 heteroatoms. The average molecular weight is 392 g/mol. The van der Waals surface area contributed by atoms with Gasteiger partial charge >= 0.3 is 0 Å². The summed E-state index contributed by atoms with van der Waals surface area (Å²) in [6.07, 6.45) is 7.32. The summed E-state index contributed by atoms with van der Waals surface area (Å²) in [7, 11) is 0. The van der Waals surface area contributed by atoms with Crippen molar-refractivity contribution < 1.29 is 4.39 Å². The molecule has 1 aliphatic heterocycles. The predicted octanol–water partition coefficient (Wildman–Crippen LogP) is 2.80. The van der Waals surface area contributed by atoms with E-state index in [9.17, 15) is 9.18 Å². The Morgan fingerprint density at radius 3 is 2.83 bits per heavy atom. The first-order valence-electron chi connectivity index (χ1n) is 9.80. The zero-order valence-electron chi connectivity index (χ0n) is 16.1. The lowest BCUT2D eigenvalue weighted by Crippen LogP contribution is -2.37. The molecule has 1 aromatic carbocycles. The maximum atomic E-state index is 13.5. The third-order valence-corrected chi connectivity index (χ3v) is 5.77. The Labute approximate surface area is 166 Å². The predicted molar refractivity (Wildman–Crippen MR) is 109 cm³/mol. The number of aryl methyl sites for hydroxylation is 1. The van der Waals surface area contributed by atoms with E-state index in [1.54, 1.807) is 17.0 Å². The van der Waals surface area contributed by atoms with E-state index in [1.807, 2.05) is 23.7 Å². The summed E-state index contributed by atoms with van der Waals surface area (Å²) in [6, 6.07) is 6.13. The molecule has 5 rings (SSSR count). The van der Waals surface area contributed by atoms with E-state index in [-0.39, 0.29) is 11.4 Å². The molecule has 0 bridgehead atoms. The minimum Gasteiger partial charge on any atom is -0.355 e. The van der Waals surface area contributed by atoms with Gasteiger partial charge in [0.1, 0.15) is 17.2 Å². The topological polar surface area (TPSA) is 68.3 Å². The van der Waals surface area contributed by atoms with Crippen molar-refractivity contribution in [2.45, 2.75) is 26.3 Å². The van der Waals surface area contributed by atoms with Gasteiger partial charge < -0.3 is 4.90 Å². The average Bonchev–Trinajstić information content (AvgIpc) is 3.20. The molecular weight excluding hydrogens is 371 g/mol. The fraction of sp³-hybridized carbons (Fsp3) is 0.333. The van der Waals surface area contributed by atoms with Crippen molar-refractivity contribution in [3.05, 3.63) is 64.9 Å². The number of hydrogen-bond acceptors (Lipinski definition) is 5. The quantitative estimate of drug-likeness (QED) is 0.536. The lowest BCUT2D eigenvalue weighted by molar-refractivity contribution is 0.348. The number of piperidine rings is 1. The van der Waals surface area contributed by atoms with Gasteiger partial charge in [-0.25, -0.2) is 18.9 Å². The van der Waals surface area contributed by atoms with Crippen LogP contribution in [0.25, 0.3) is 16.4 Å². The summed E-state index contributed by atoms with van der Waals surface area (Å²) in [4.78, 5) is 24.2. The molecule has 0 atom stereocenters. The molecule has 3 aromatic heterocycles. The van der Waals surface area contributed by atoms with Gasteiger partial charge in [-0.1, -0.05) is 0 Å². The van der Waals surface area contributed by atoms with Crippen LogP contribution in [0.15, 0.2) is 47.7 Å². The molecule has 0 saturated carbocycles. The second kappa shape index (κ2) is 6.95. The maximum Gasteiger partial charge on any atom is 0.261 e. The molecule has 4 aromatic rings. The number of benzene rings is 1. The van der Waals surface area contributed by atoms with Crippen molar-refractivity contribution in [2.24, 2.45) is 5.92 Å². The molecule has 0 aliphatic carbocycles. The van der Waals surface area contributed by atoms with Gasteiger partial charge in [-0.05, 0) is 43.9 Å². The van der Waals surface area contributed by atoms with Gasteiger partial charge in [-0.15, -0.1) is 0 Å². The van der Waals surface area contributed by atoms with Crippen LogP contribution in [0, 0.1) is 18.7 Å². The lowest BCUT2D eigenvalue weighted by atomic mass is 9.96. The van der Waals surface area contributed by atoms with Crippen molar-refractivity contribution in [3.8, 4) is 0 Å². The van der Waals surface area contributed by atoms with Crippen LogP contribution >= 0.6 is 0 Å². The zero-order chi connectivity index (χ0) is 20.0. The molecule has 1 fully saturated rings. The molecule has 7 nitrogen and oxygen atoms in total. The van der Waals surface area contributed by atoms with E-state index in [1.165, 1.54) is 18.2 Å². The minimum atomic E-state index is -0.379. The highest BCUT2D eigenvalue weighted by Crippen LogP contribution is 2.26. The van der Waals surface area contributed by atoms with Crippen LogP contribution in [0.3, 0.4) is 0 Å². The lowest BCUT2D eigenvalue weighted by Gasteiger charge is -2.33. The van der Waals surface area contributed by atoms with Gasteiger partial charge in [-0.2, -0.15) is 5.10 Å². The highest BCUT2D eigenvalue weighted by Gasteiger charge is 2.23. The first-order valence-corrected chi connectivity index (χ1v) is 9.80. The van der Waals surface area contributed by atoms with Crippen LogP contribution in [-0.2, 0) is 6.54 Å². The summed E-state index contributed by atoms with van der Waals surface area (Å²) in [5, 5.41) is 4.74. The van der Waals surface area contributed by atoms with Gasteiger partial charge in [0.05, 0.1) is 17.1 Å². The molecule has 0 spiro atoms. The zero-order valence-corrected chi connectivity index (χ0v) is 16.1. The van der Waals surface area contributed by atoms with E-state index in [0.717, 1.165) is 37.3 Å². The number of anilines is 1. The first kappa shape index (κ1) is 17.8. The number of hydrogen-bond donors (Lipinski definition) is 0. The van der Waals surface area contributed by atoms with Crippen LogP contribution in [0.4, 0.5) is 10.2 Å². The number of aromatic nitrogens is 5. The summed E-state index contributed by atoms with van der Waals surface area (Å²) in [6.45, 7) is 4.19. The highest BCUT2D eigenvalue weighted by molar-refractivity contribution is 5.77. The van der Waals surface area contributed by atoms with Crippen molar-refractivity contribution >= 4 is 22.2 Å². The molecular formula is C21H21FN6O. The Balaban J connectivity index is 1.35. The van der Waals surface area contributed by atoms with Crippen LogP contribution in [0.1, 0.15) is 18.7 Å². The fourth-order valence-corrected chi connectivity index (χ4v) is 4.19. The SMILES string of the molecule is Cc1nc2cc(F)ccc2c(=O)n1CC1CCN(c2nccn3nccc23)CC1. The number of nitrogens with zero attached hydrogens (tertiary/aromatic N) is 6. The van der Waals surface area contributed by atoms with E-state index in [2.05, 4.69) is 20.0 Å². The summed E-state index contributed by atoms with van der Waals surface area (Å²) in [5.41, 5.74) is 1.32. The Bertz CT molecular complexity index is 1260. The molecule has 29 heavy (non-hydrogen) atoms. The summed E-state index contributed by atoms with van der Waals surface area (Å²) in [5.74, 6) is 1.58. The minimum absolute atomic E-state index is 0.0966. The smallest absolute Gasteiger partial charge is 0.261 e. The monoisotopic (exact) mass is 392 g/mol. The molecule has 1 aliphatic rings. The standard InChI is InChI=1S/C21H21FN6O/c1-14-25-18-12-16(22)2-3-17(18)21(29)27(14)13-15-5-9-26(10-6-15)20-19-4-7-24-28(19)11-8-23-20/h2-4,7-8,11-12,15H,5-6,9-10,13H2,1H3. The fourth-order valence-electron chi connectivity index (χ4n) is 4.19. The maximum absolute atomic E-state index is 13.5. The van der Waals surface area contributed by atoms with Crippen molar-refractivity contribution in [1.29, 1.82) is 0 Å².